The average molecular weight is 311 g/mol. The van der Waals surface area contributed by atoms with E-state index in [1.165, 1.54) is 0 Å². The van der Waals surface area contributed by atoms with Gasteiger partial charge in [0.05, 0.1) is 0 Å². The Morgan fingerprint density at radius 2 is 2.22 bits per heavy atom. The van der Waals surface area contributed by atoms with Crippen molar-refractivity contribution in [2.75, 3.05) is 0 Å². The topological polar surface area (TPSA) is 68.2 Å². The SMILES string of the molecule is Cc1c(CC(N)C(=O)O)c2cc(Br)ccc2n1C. The summed E-state index contributed by atoms with van der Waals surface area (Å²) in [6, 6.07) is 5.13. The first-order valence-electron chi connectivity index (χ1n) is 5.63. The second kappa shape index (κ2) is 4.74. The number of nitrogens with zero attached hydrogens (tertiary/aromatic N) is 1. The molecule has 18 heavy (non-hydrogen) atoms. The van der Waals surface area contributed by atoms with Gasteiger partial charge in [0, 0.05) is 34.5 Å². The molecule has 0 spiro atoms. The molecule has 0 saturated carbocycles. The number of rotatable bonds is 3. The molecule has 1 unspecified atom stereocenters. The van der Waals surface area contributed by atoms with Crippen LogP contribution in [-0.2, 0) is 18.3 Å². The summed E-state index contributed by atoms with van der Waals surface area (Å²) in [5.41, 5.74) is 8.78. The molecule has 2 rings (SSSR count). The van der Waals surface area contributed by atoms with E-state index in [0.717, 1.165) is 26.6 Å². The summed E-state index contributed by atoms with van der Waals surface area (Å²) in [6.45, 7) is 1.98. The maximum Gasteiger partial charge on any atom is 0.320 e. The minimum atomic E-state index is -0.971. The van der Waals surface area contributed by atoms with Crippen LogP contribution in [0.25, 0.3) is 10.9 Å². The van der Waals surface area contributed by atoms with Crippen molar-refractivity contribution in [3.63, 3.8) is 0 Å². The smallest absolute Gasteiger partial charge is 0.320 e. The fourth-order valence-corrected chi connectivity index (χ4v) is 2.55. The Morgan fingerprint density at radius 1 is 1.56 bits per heavy atom. The van der Waals surface area contributed by atoms with Crippen molar-refractivity contribution in [3.05, 3.63) is 33.9 Å². The maximum absolute atomic E-state index is 10.9. The Bertz CT molecular complexity index is 619. The Morgan fingerprint density at radius 3 is 2.83 bits per heavy atom. The lowest BCUT2D eigenvalue weighted by molar-refractivity contribution is -0.138. The molecule has 0 aliphatic rings. The molecule has 0 aliphatic carbocycles. The normalized spacial score (nSPS) is 12.9. The van der Waals surface area contributed by atoms with E-state index >= 15 is 0 Å². The van der Waals surface area contributed by atoms with Crippen LogP contribution in [0.2, 0.25) is 0 Å². The maximum atomic E-state index is 10.9. The summed E-state index contributed by atoms with van der Waals surface area (Å²) < 4.78 is 3.04. The Kier molecular flexibility index (Phi) is 3.45. The van der Waals surface area contributed by atoms with E-state index in [9.17, 15) is 4.79 Å². The summed E-state index contributed by atoms with van der Waals surface area (Å²) in [6.07, 6.45) is 0.342. The van der Waals surface area contributed by atoms with Crippen molar-refractivity contribution in [2.24, 2.45) is 12.8 Å². The highest BCUT2D eigenvalue weighted by Gasteiger charge is 2.18. The van der Waals surface area contributed by atoms with Crippen LogP contribution in [0, 0.1) is 6.92 Å². The second-order valence-electron chi connectivity index (χ2n) is 4.43. The zero-order chi connectivity index (χ0) is 13.4. The number of halogens is 1. The first kappa shape index (κ1) is 13.1. The number of fused-ring (bicyclic) bond motifs is 1. The zero-order valence-electron chi connectivity index (χ0n) is 10.3. The van der Waals surface area contributed by atoms with Crippen LogP contribution in [0.15, 0.2) is 22.7 Å². The number of nitrogens with two attached hydrogens (primary N) is 1. The van der Waals surface area contributed by atoms with E-state index in [1.54, 1.807) is 0 Å². The van der Waals surface area contributed by atoms with Gasteiger partial charge in [-0.05, 0) is 30.7 Å². The van der Waals surface area contributed by atoms with Crippen LogP contribution in [0.1, 0.15) is 11.3 Å². The Labute approximate surface area is 114 Å². The van der Waals surface area contributed by atoms with Crippen LogP contribution >= 0.6 is 15.9 Å². The zero-order valence-corrected chi connectivity index (χ0v) is 11.9. The standard InChI is InChI=1S/C13H15BrN2O2/c1-7-9(6-11(15)13(17)18)10-5-8(14)3-4-12(10)16(7)2/h3-5,11H,6,15H2,1-2H3,(H,17,18). The third-order valence-corrected chi connectivity index (χ3v) is 3.82. The van der Waals surface area contributed by atoms with Gasteiger partial charge in [-0.15, -0.1) is 0 Å². The first-order valence-corrected chi connectivity index (χ1v) is 6.43. The number of hydrogen-bond donors (Lipinski definition) is 2. The summed E-state index contributed by atoms with van der Waals surface area (Å²) in [5.74, 6) is -0.971. The number of hydrogen-bond acceptors (Lipinski definition) is 2. The molecule has 1 heterocycles. The number of carbonyl (C=O) groups is 1. The van der Waals surface area contributed by atoms with E-state index in [4.69, 9.17) is 10.8 Å². The first-order chi connectivity index (χ1) is 8.41. The lowest BCUT2D eigenvalue weighted by Gasteiger charge is -2.07. The molecule has 0 aliphatic heterocycles. The molecule has 96 valence electrons. The molecule has 1 aromatic carbocycles. The van der Waals surface area contributed by atoms with Gasteiger partial charge in [-0.3, -0.25) is 4.79 Å². The predicted octanol–water partition coefficient (Wildman–Crippen LogP) is 2.20. The molecular formula is C13H15BrN2O2. The predicted molar refractivity (Wildman–Crippen MR) is 74.7 cm³/mol. The highest BCUT2D eigenvalue weighted by atomic mass is 79.9. The van der Waals surface area contributed by atoms with Crippen LogP contribution in [0.4, 0.5) is 0 Å². The lowest BCUT2D eigenvalue weighted by atomic mass is 10.0. The summed E-state index contributed by atoms with van der Waals surface area (Å²) in [7, 11) is 1.97. The minimum Gasteiger partial charge on any atom is -0.480 e. The van der Waals surface area contributed by atoms with Crippen LogP contribution in [0.5, 0.6) is 0 Å². The summed E-state index contributed by atoms with van der Waals surface area (Å²) in [5, 5.41) is 9.98. The molecule has 2 aromatic rings. The van der Waals surface area contributed by atoms with E-state index in [0.29, 0.717) is 6.42 Å². The van der Waals surface area contributed by atoms with Crippen molar-refractivity contribution < 1.29 is 9.90 Å². The highest BCUT2D eigenvalue weighted by molar-refractivity contribution is 9.10. The van der Waals surface area contributed by atoms with Gasteiger partial charge in [0.15, 0.2) is 0 Å². The molecular weight excluding hydrogens is 296 g/mol. The third kappa shape index (κ3) is 2.15. The quantitative estimate of drug-likeness (QED) is 0.913. The largest absolute Gasteiger partial charge is 0.480 e. The monoisotopic (exact) mass is 310 g/mol. The van der Waals surface area contributed by atoms with Crippen LogP contribution in [-0.4, -0.2) is 21.7 Å². The molecule has 3 N–H and O–H groups in total. The molecule has 0 radical (unpaired) electrons. The molecule has 0 amide bonds. The van der Waals surface area contributed by atoms with Gasteiger partial charge in [-0.1, -0.05) is 15.9 Å². The number of aliphatic carboxylic acids is 1. The Hall–Kier alpha value is -1.33. The summed E-state index contributed by atoms with van der Waals surface area (Å²) in [4.78, 5) is 10.9. The van der Waals surface area contributed by atoms with E-state index in [2.05, 4.69) is 20.5 Å². The van der Waals surface area contributed by atoms with Gasteiger partial charge in [0.2, 0.25) is 0 Å². The van der Waals surface area contributed by atoms with Crippen molar-refractivity contribution in [1.29, 1.82) is 0 Å². The van der Waals surface area contributed by atoms with Gasteiger partial charge >= 0.3 is 5.97 Å². The third-order valence-electron chi connectivity index (χ3n) is 3.33. The van der Waals surface area contributed by atoms with E-state index in [1.807, 2.05) is 32.2 Å². The number of carboxylic acids is 1. The van der Waals surface area contributed by atoms with Crippen molar-refractivity contribution in [2.45, 2.75) is 19.4 Å². The molecule has 4 nitrogen and oxygen atoms in total. The number of aryl methyl sites for hydroxylation is 1. The van der Waals surface area contributed by atoms with Crippen molar-refractivity contribution >= 4 is 32.8 Å². The molecule has 0 bridgehead atoms. The molecule has 1 atom stereocenters. The van der Waals surface area contributed by atoms with Crippen LogP contribution in [0.3, 0.4) is 0 Å². The number of benzene rings is 1. The van der Waals surface area contributed by atoms with Crippen molar-refractivity contribution in [1.82, 2.24) is 4.57 Å². The minimum absolute atomic E-state index is 0.342. The fraction of sp³-hybridized carbons (Fsp3) is 0.308. The highest BCUT2D eigenvalue weighted by Crippen LogP contribution is 2.28. The van der Waals surface area contributed by atoms with Gasteiger partial charge in [-0.2, -0.15) is 0 Å². The molecule has 5 heteroatoms. The lowest BCUT2D eigenvalue weighted by Crippen LogP contribution is -2.32. The number of carboxylic acid groups (broad SMARTS) is 1. The van der Waals surface area contributed by atoms with E-state index < -0.39 is 12.0 Å². The van der Waals surface area contributed by atoms with E-state index in [-0.39, 0.29) is 0 Å². The molecule has 0 saturated heterocycles. The Balaban J connectivity index is 2.58. The summed E-state index contributed by atoms with van der Waals surface area (Å²) >= 11 is 3.44. The van der Waals surface area contributed by atoms with Gasteiger partial charge in [0.1, 0.15) is 6.04 Å². The van der Waals surface area contributed by atoms with Gasteiger partial charge in [-0.25, -0.2) is 0 Å². The van der Waals surface area contributed by atoms with Gasteiger partial charge in [0.25, 0.3) is 0 Å². The van der Waals surface area contributed by atoms with Crippen LogP contribution < -0.4 is 5.73 Å². The molecule has 1 aromatic heterocycles. The number of aromatic nitrogens is 1. The second-order valence-corrected chi connectivity index (χ2v) is 5.35. The fourth-order valence-electron chi connectivity index (χ4n) is 2.19. The average Bonchev–Trinajstić information content (AvgIpc) is 2.54. The van der Waals surface area contributed by atoms with Gasteiger partial charge < -0.3 is 15.4 Å². The van der Waals surface area contributed by atoms with Crippen molar-refractivity contribution in [3.8, 4) is 0 Å². The molecule has 0 fully saturated rings.